The number of carbonyl (C=O) groups is 3. The van der Waals surface area contributed by atoms with Crippen molar-refractivity contribution in [1.82, 2.24) is 9.80 Å². The maximum absolute atomic E-state index is 13.5. The van der Waals surface area contributed by atoms with E-state index in [4.69, 9.17) is 14.2 Å². The smallest absolute Gasteiger partial charge is 0.410 e. The van der Waals surface area contributed by atoms with E-state index in [0.29, 0.717) is 39.3 Å². The Morgan fingerprint density at radius 3 is 2.69 bits per heavy atom. The molecule has 1 aliphatic carbocycles. The Balaban J connectivity index is 1.44. The van der Waals surface area contributed by atoms with Gasteiger partial charge in [-0.2, -0.15) is 0 Å². The molecule has 3 amide bonds. The fourth-order valence-electron chi connectivity index (χ4n) is 4.56. The minimum Gasteiger partial charge on any atom is -0.444 e. The monoisotopic (exact) mass is 487 g/mol. The Morgan fingerprint density at radius 1 is 1.23 bits per heavy atom. The van der Waals surface area contributed by atoms with E-state index < -0.39 is 17.8 Å². The molecule has 2 heterocycles. The highest BCUT2D eigenvalue weighted by molar-refractivity contribution is 6.01. The van der Waals surface area contributed by atoms with Crippen LogP contribution >= 0.6 is 0 Å². The molecule has 1 saturated heterocycles. The molecule has 0 aromatic heterocycles. The highest BCUT2D eigenvalue weighted by atomic mass is 16.6. The Bertz CT molecular complexity index is 955. The third-order valence-electron chi connectivity index (χ3n) is 6.43. The second-order valence-corrected chi connectivity index (χ2v) is 10.5. The molecule has 0 unspecified atom stereocenters. The van der Waals surface area contributed by atoms with Gasteiger partial charge in [-0.3, -0.25) is 9.59 Å². The average molecular weight is 488 g/mol. The molecule has 0 spiro atoms. The Kier molecular flexibility index (Phi) is 7.66. The van der Waals surface area contributed by atoms with Gasteiger partial charge in [0.1, 0.15) is 5.60 Å². The summed E-state index contributed by atoms with van der Waals surface area (Å²) in [7, 11) is 1.66. The predicted molar refractivity (Wildman–Crippen MR) is 130 cm³/mol. The zero-order chi connectivity index (χ0) is 25.2. The molecule has 9 heteroatoms. The van der Waals surface area contributed by atoms with Gasteiger partial charge in [0.2, 0.25) is 5.91 Å². The Hall–Kier alpha value is -2.65. The van der Waals surface area contributed by atoms with E-state index in [0.717, 1.165) is 36.1 Å². The van der Waals surface area contributed by atoms with Crippen molar-refractivity contribution in [3.8, 4) is 0 Å². The first kappa shape index (κ1) is 25.4. The number of benzene rings is 1. The zero-order valence-corrected chi connectivity index (χ0v) is 21.2. The van der Waals surface area contributed by atoms with Crippen molar-refractivity contribution >= 4 is 23.6 Å². The van der Waals surface area contributed by atoms with Crippen LogP contribution < -0.4 is 4.90 Å². The lowest BCUT2D eigenvalue weighted by Crippen LogP contribution is -2.53. The van der Waals surface area contributed by atoms with Crippen LogP contribution in [-0.4, -0.2) is 85.4 Å². The van der Waals surface area contributed by atoms with Crippen molar-refractivity contribution in [2.24, 2.45) is 0 Å². The molecule has 9 nitrogen and oxygen atoms in total. The van der Waals surface area contributed by atoms with Crippen LogP contribution in [-0.2, 0) is 36.8 Å². The van der Waals surface area contributed by atoms with E-state index >= 15 is 0 Å². The number of methoxy groups -OCH3 is 1. The summed E-state index contributed by atoms with van der Waals surface area (Å²) in [5.74, 6) is -0.00416. The van der Waals surface area contributed by atoms with Crippen LogP contribution in [0.5, 0.6) is 0 Å². The van der Waals surface area contributed by atoms with Crippen molar-refractivity contribution in [1.29, 1.82) is 0 Å². The van der Waals surface area contributed by atoms with Crippen molar-refractivity contribution in [3.05, 3.63) is 29.3 Å². The largest absolute Gasteiger partial charge is 0.444 e. The van der Waals surface area contributed by atoms with E-state index in [1.807, 2.05) is 48.8 Å². The summed E-state index contributed by atoms with van der Waals surface area (Å²) in [6, 6.07) is 6.21. The van der Waals surface area contributed by atoms with Crippen LogP contribution in [0.4, 0.5) is 10.5 Å². The standard InChI is InChI=1S/C26H37N3O6/c1-26(2,3)35-25(32)27-11-13-34-22(17-27)24(31)29(20-8-9-20)16-18-6-7-19-15-23(30)28(21(19)14-18)10-5-12-33-4/h6-7,14,20,22H,5,8-13,15-17H2,1-4H3/t22-/m1/s1. The summed E-state index contributed by atoms with van der Waals surface area (Å²) >= 11 is 0. The fraction of sp³-hybridized carbons (Fsp3) is 0.654. The van der Waals surface area contributed by atoms with Gasteiger partial charge >= 0.3 is 6.09 Å². The molecule has 192 valence electrons. The van der Waals surface area contributed by atoms with Gasteiger partial charge in [-0.25, -0.2) is 4.79 Å². The number of nitrogens with zero attached hydrogens (tertiary/aromatic N) is 3. The Morgan fingerprint density at radius 2 is 2.00 bits per heavy atom. The van der Waals surface area contributed by atoms with Crippen molar-refractivity contribution in [2.45, 2.75) is 70.7 Å². The number of ether oxygens (including phenoxy) is 3. The van der Waals surface area contributed by atoms with Gasteiger partial charge in [0, 0.05) is 45.1 Å². The van der Waals surface area contributed by atoms with Gasteiger partial charge in [0.05, 0.1) is 19.6 Å². The van der Waals surface area contributed by atoms with Crippen LogP contribution in [0, 0.1) is 0 Å². The molecule has 1 atom stereocenters. The average Bonchev–Trinajstić information content (AvgIpc) is 3.60. The van der Waals surface area contributed by atoms with E-state index in [2.05, 4.69) is 0 Å². The third kappa shape index (κ3) is 6.32. The number of hydrogen-bond acceptors (Lipinski definition) is 6. The molecule has 0 bridgehead atoms. The summed E-state index contributed by atoms with van der Waals surface area (Å²) < 4.78 is 16.4. The Labute approximate surface area is 207 Å². The highest BCUT2D eigenvalue weighted by Crippen LogP contribution is 2.33. The summed E-state index contributed by atoms with van der Waals surface area (Å²) in [6.07, 6.45) is 1.96. The van der Waals surface area contributed by atoms with E-state index in [1.165, 1.54) is 0 Å². The van der Waals surface area contributed by atoms with E-state index in [9.17, 15) is 14.4 Å². The molecule has 4 rings (SSSR count). The van der Waals surface area contributed by atoms with Gasteiger partial charge in [-0.15, -0.1) is 0 Å². The van der Waals surface area contributed by atoms with Gasteiger partial charge in [0.25, 0.3) is 5.91 Å². The summed E-state index contributed by atoms with van der Waals surface area (Å²) in [4.78, 5) is 43.8. The minimum absolute atomic E-state index is 0.0984. The second-order valence-electron chi connectivity index (χ2n) is 10.5. The highest BCUT2D eigenvalue weighted by Gasteiger charge is 2.39. The number of morpholine rings is 1. The predicted octanol–water partition coefficient (Wildman–Crippen LogP) is 2.74. The molecule has 3 aliphatic rings. The molecular weight excluding hydrogens is 450 g/mol. The SMILES string of the molecule is COCCCN1C(=O)Cc2ccc(CN(C(=O)[C@H]3CN(C(=O)OC(C)(C)C)CCO3)C3CC3)cc21. The van der Waals surface area contributed by atoms with Gasteiger partial charge in [-0.1, -0.05) is 12.1 Å². The molecular formula is C26H37N3O6. The molecule has 1 saturated carbocycles. The topological polar surface area (TPSA) is 88.6 Å². The van der Waals surface area contributed by atoms with Crippen LogP contribution in [0.1, 0.15) is 51.2 Å². The quantitative estimate of drug-likeness (QED) is 0.524. The van der Waals surface area contributed by atoms with E-state index in [-0.39, 0.29) is 24.4 Å². The molecule has 1 aromatic rings. The molecule has 35 heavy (non-hydrogen) atoms. The number of fused-ring (bicyclic) bond motifs is 1. The maximum Gasteiger partial charge on any atom is 0.410 e. The van der Waals surface area contributed by atoms with Crippen molar-refractivity contribution in [3.63, 3.8) is 0 Å². The van der Waals surface area contributed by atoms with E-state index in [1.54, 1.807) is 12.0 Å². The first-order valence-electron chi connectivity index (χ1n) is 12.5. The number of hydrogen-bond donors (Lipinski definition) is 0. The number of rotatable bonds is 8. The lowest BCUT2D eigenvalue weighted by molar-refractivity contribution is -0.150. The number of carbonyl (C=O) groups excluding carboxylic acids is 3. The van der Waals surface area contributed by atoms with Crippen molar-refractivity contribution in [2.75, 3.05) is 44.9 Å². The lowest BCUT2D eigenvalue weighted by Gasteiger charge is -2.36. The number of amides is 3. The molecule has 2 aliphatic heterocycles. The van der Waals surface area contributed by atoms with Crippen LogP contribution in [0.3, 0.4) is 0 Å². The second kappa shape index (κ2) is 10.5. The minimum atomic E-state index is -0.710. The summed E-state index contributed by atoms with van der Waals surface area (Å²) in [5, 5.41) is 0. The summed E-state index contributed by atoms with van der Waals surface area (Å²) in [6.45, 7) is 8.02. The summed E-state index contributed by atoms with van der Waals surface area (Å²) in [5.41, 5.74) is 2.33. The molecule has 1 aromatic carbocycles. The third-order valence-corrected chi connectivity index (χ3v) is 6.43. The van der Waals surface area contributed by atoms with Crippen LogP contribution in [0.15, 0.2) is 18.2 Å². The van der Waals surface area contributed by atoms with Crippen LogP contribution in [0.25, 0.3) is 0 Å². The molecule has 0 N–H and O–H groups in total. The van der Waals surface area contributed by atoms with Gasteiger partial charge in [0.15, 0.2) is 6.10 Å². The van der Waals surface area contributed by atoms with Gasteiger partial charge < -0.3 is 28.9 Å². The number of anilines is 1. The maximum atomic E-state index is 13.5. The zero-order valence-electron chi connectivity index (χ0n) is 21.2. The molecule has 0 radical (unpaired) electrons. The lowest BCUT2D eigenvalue weighted by atomic mass is 10.1. The van der Waals surface area contributed by atoms with Crippen LogP contribution in [0.2, 0.25) is 0 Å². The molecule has 2 fully saturated rings. The fourth-order valence-corrected chi connectivity index (χ4v) is 4.56. The van der Waals surface area contributed by atoms with Gasteiger partial charge in [-0.05, 0) is 57.2 Å². The normalized spacial score (nSPS) is 20.1. The first-order chi connectivity index (χ1) is 16.7. The van der Waals surface area contributed by atoms with Crippen molar-refractivity contribution < 1.29 is 28.6 Å². The first-order valence-corrected chi connectivity index (χ1v) is 12.5.